The van der Waals surface area contributed by atoms with E-state index in [-0.39, 0.29) is 31.3 Å². The van der Waals surface area contributed by atoms with Gasteiger partial charge in [-0.1, -0.05) is 45.1 Å². The van der Waals surface area contributed by atoms with E-state index < -0.39 is 22.0 Å². The van der Waals surface area contributed by atoms with Crippen LogP contribution in [0.2, 0.25) is 0 Å². The summed E-state index contributed by atoms with van der Waals surface area (Å²) in [6.07, 6.45) is 2.27. The first-order valence-corrected chi connectivity index (χ1v) is 12.0. The van der Waals surface area contributed by atoms with E-state index >= 15 is 0 Å². The lowest BCUT2D eigenvalue weighted by molar-refractivity contribution is -0.119. The van der Waals surface area contributed by atoms with Crippen LogP contribution in [0.5, 0.6) is 5.75 Å². The molecule has 0 aromatic heterocycles. The highest BCUT2D eigenvalue weighted by Crippen LogP contribution is 2.27. The lowest BCUT2D eigenvalue weighted by Gasteiger charge is -2.28. The summed E-state index contributed by atoms with van der Waals surface area (Å²) in [7, 11) is -3.68. The van der Waals surface area contributed by atoms with Gasteiger partial charge in [-0.3, -0.25) is 4.79 Å². The van der Waals surface area contributed by atoms with E-state index in [1.165, 1.54) is 11.0 Å². The summed E-state index contributed by atoms with van der Waals surface area (Å²) in [5.41, 5.74) is -0.797. The number of ether oxygens (including phenoxy) is 1. The lowest BCUT2D eigenvalue weighted by atomic mass is 9.91. The second-order valence-corrected chi connectivity index (χ2v) is 9.91. The molecule has 9 nitrogen and oxygen atoms in total. The molecule has 31 heavy (non-hydrogen) atoms. The molecule has 1 saturated heterocycles. The minimum Gasteiger partial charge on any atom is -0.493 e. The van der Waals surface area contributed by atoms with E-state index in [1.54, 1.807) is 37.3 Å². The molecule has 2 rings (SSSR count). The van der Waals surface area contributed by atoms with Gasteiger partial charge in [0.1, 0.15) is 11.4 Å². The molecule has 1 unspecified atom stereocenters. The first-order chi connectivity index (χ1) is 14.5. The number of hydrogen-bond donors (Lipinski definition) is 4. The summed E-state index contributed by atoms with van der Waals surface area (Å²) < 4.78 is 32.9. The molecule has 0 saturated carbocycles. The predicted molar refractivity (Wildman–Crippen MR) is 118 cm³/mol. The Morgan fingerprint density at radius 1 is 1.39 bits per heavy atom. The van der Waals surface area contributed by atoms with Crippen molar-refractivity contribution in [2.24, 2.45) is 5.92 Å². The summed E-state index contributed by atoms with van der Waals surface area (Å²) in [6.45, 7) is 6.53. The second-order valence-electron chi connectivity index (χ2n) is 8.06. The zero-order valence-corrected chi connectivity index (χ0v) is 19.1. The molecule has 0 radical (unpaired) electrons. The van der Waals surface area contributed by atoms with Crippen molar-refractivity contribution in [3.05, 3.63) is 42.0 Å². The van der Waals surface area contributed by atoms with Crippen LogP contribution in [0.15, 0.2) is 36.4 Å². The van der Waals surface area contributed by atoms with Crippen molar-refractivity contribution in [1.29, 1.82) is 0 Å². The zero-order valence-electron chi connectivity index (χ0n) is 18.2. The Balaban J connectivity index is 1.93. The van der Waals surface area contributed by atoms with E-state index in [1.807, 2.05) is 13.8 Å². The van der Waals surface area contributed by atoms with Gasteiger partial charge in [0.15, 0.2) is 6.35 Å². The minimum atomic E-state index is -3.68. The van der Waals surface area contributed by atoms with E-state index in [0.29, 0.717) is 30.3 Å². The van der Waals surface area contributed by atoms with Crippen molar-refractivity contribution in [3.63, 3.8) is 0 Å². The summed E-state index contributed by atoms with van der Waals surface area (Å²) in [5, 5.41) is 23.0. The van der Waals surface area contributed by atoms with Crippen LogP contribution in [0, 0.1) is 5.92 Å². The lowest BCUT2D eigenvalue weighted by Crippen LogP contribution is -2.41. The maximum atomic E-state index is 12.4. The van der Waals surface area contributed by atoms with Crippen LogP contribution in [0.25, 0.3) is 0 Å². The molecule has 174 valence electrons. The second kappa shape index (κ2) is 11.1. The maximum absolute atomic E-state index is 12.4. The highest BCUT2D eigenvalue weighted by Gasteiger charge is 2.29. The summed E-state index contributed by atoms with van der Waals surface area (Å²) in [6, 6.07) is 7.06. The highest BCUT2D eigenvalue weighted by molar-refractivity contribution is 7.89. The third kappa shape index (κ3) is 7.89. The van der Waals surface area contributed by atoms with Crippen molar-refractivity contribution < 1.29 is 28.2 Å². The summed E-state index contributed by atoms with van der Waals surface area (Å²) >= 11 is 0. The number of carbonyl (C=O) groups is 1. The van der Waals surface area contributed by atoms with Gasteiger partial charge in [-0.05, 0) is 30.0 Å². The number of amides is 1. The molecule has 1 aromatic rings. The highest BCUT2D eigenvalue weighted by atomic mass is 32.2. The van der Waals surface area contributed by atoms with Crippen molar-refractivity contribution in [2.75, 3.05) is 32.0 Å². The standard InChI is InChI=1S/C21H33N3O6S/c1-4-21(27,17-8-7-9-18(12-17)30-14-16(2)3)15-22-31(28,29)11-6-5-10-24-13-19(25)23-20(24)26/h5-9,12,16,20,22,26-27H,4,10-11,13-15H2,1-3H3,(H,23,25)/b6-5+/t20?,21-/m1/s1. The topological polar surface area (TPSA) is 128 Å². The molecule has 1 aliphatic heterocycles. The summed E-state index contributed by atoms with van der Waals surface area (Å²) in [5.74, 6) is 0.419. The minimum absolute atomic E-state index is 0.0555. The average Bonchev–Trinajstić information content (AvgIpc) is 3.05. The number of sulfonamides is 1. The summed E-state index contributed by atoms with van der Waals surface area (Å²) in [4.78, 5) is 12.7. The molecular formula is C21H33N3O6S. The van der Waals surface area contributed by atoms with Crippen LogP contribution >= 0.6 is 0 Å². The van der Waals surface area contributed by atoms with Crippen LogP contribution in [0.3, 0.4) is 0 Å². The molecule has 1 amide bonds. The number of nitrogens with zero attached hydrogens (tertiary/aromatic N) is 1. The Morgan fingerprint density at radius 2 is 2.13 bits per heavy atom. The number of aliphatic hydroxyl groups is 2. The quantitative estimate of drug-likeness (QED) is 0.338. The van der Waals surface area contributed by atoms with Crippen molar-refractivity contribution in [2.45, 2.75) is 39.1 Å². The normalized spacial score (nSPS) is 19.7. The molecule has 1 fully saturated rings. The third-order valence-corrected chi connectivity index (χ3v) is 6.14. The van der Waals surface area contributed by atoms with Gasteiger partial charge in [0.2, 0.25) is 15.9 Å². The molecular weight excluding hydrogens is 422 g/mol. The number of nitrogens with one attached hydrogen (secondary N) is 2. The first-order valence-electron chi connectivity index (χ1n) is 10.3. The average molecular weight is 456 g/mol. The largest absolute Gasteiger partial charge is 0.493 e. The van der Waals surface area contributed by atoms with E-state index in [9.17, 15) is 23.4 Å². The number of hydrogen-bond acceptors (Lipinski definition) is 7. The van der Waals surface area contributed by atoms with Crippen LogP contribution in [0.1, 0.15) is 32.8 Å². The molecule has 1 aromatic carbocycles. The Hall–Kier alpha value is -1.98. The van der Waals surface area contributed by atoms with Crippen molar-refractivity contribution in [1.82, 2.24) is 14.9 Å². The van der Waals surface area contributed by atoms with Crippen molar-refractivity contribution in [3.8, 4) is 5.75 Å². The maximum Gasteiger partial charge on any atom is 0.237 e. The predicted octanol–water partition coefficient (Wildman–Crippen LogP) is 0.502. The first kappa shape index (κ1) is 25.3. The van der Waals surface area contributed by atoms with Gasteiger partial charge in [0.25, 0.3) is 0 Å². The molecule has 2 atom stereocenters. The van der Waals surface area contributed by atoms with Gasteiger partial charge in [-0.25, -0.2) is 18.0 Å². The Kier molecular flexibility index (Phi) is 9.01. The number of benzene rings is 1. The Bertz CT molecular complexity index is 874. The van der Waals surface area contributed by atoms with E-state index in [4.69, 9.17) is 4.74 Å². The third-order valence-electron chi connectivity index (χ3n) is 4.93. The number of rotatable bonds is 12. The number of aliphatic hydroxyl groups excluding tert-OH is 1. The molecule has 10 heteroatoms. The van der Waals surface area contributed by atoms with Gasteiger partial charge in [-0.2, -0.15) is 0 Å². The Labute approximate surface area is 184 Å². The zero-order chi connectivity index (χ0) is 23.1. The van der Waals surface area contributed by atoms with Gasteiger partial charge in [-0.15, -0.1) is 0 Å². The van der Waals surface area contributed by atoms with Crippen LogP contribution in [-0.2, 0) is 20.4 Å². The van der Waals surface area contributed by atoms with E-state index in [0.717, 1.165) is 0 Å². The molecule has 4 N–H and O–H groups in total. The van der Waals surface area contributed by atoms with Gasteiger partial charge < -0.3 is 20.3 Å². The van der Waals surface area contributed by atoms with Crippen LogP contribution in [0.4, 0.5) is 0 Å². The fourth-order valence-electron chi connectivity index (χ4n) is 2.98. The van der Waals surface area contributed by atoms with E-state index in [2.05, 4.69) is 10.0 Å². The SMILES string of the molecule is CC[C@@](O)(CNS(=O)(=O)C/C=C/CN1CC(=O)NC1O)c1cccc(OCC(C)C)c1. The van der Waals surface area contributed by atoms with Gasteiger partial charge >= 0.3 is 0 Å². The smallest absolute Gasteiger partial charge is 0.237 e. The fraction of sp³-hybridized carbons (Fsp3) is 0.571. The number of carbonyl (C=O) groups excluding carboxylic acids is 1. The molecule has 1 heterocycles. The fourth-order valence-corrected chi connectivity index (χ4v) is 3.94. The molecule has 1 aliphatic rings. The monoisotopic (exact) mass is 455 g/mol. The van der Waals surface area contributed by atoms with Crippen molar-refractivity contribution >= 4 is 15.9 Å². The van der Waals surface area contributed by atoms with Crippen LogP contribution in [-0.4, -0.2) is 67.8 Å². The molecule has 0 bridgehead atoms. The Morgan fingerprint density at radius 3 is 2.74 bits per heavy atom. The van der Waals surface area contributed by atoms with Gasteiger partial charge in [0.05, 0.1) is 18.9 Å². The molecule has 0 aliphatic carbocycles. The van der Waals surface area contributed by atoms with Crippen LogP contribution < -0.4 is 14.8 Å². The molecule has 0 spiro atoms. The van der Waals surface area contributed by atoms with Gasteiger partial charge in [0, 0.05) is 13.1 Å².